The van der Waals surface area contributed by atoms with E-state index in [1.54, 1.807) is 0 Å². The summed E-state index contributed by atoms with van der Waals surface area (Å²) in [6, 6.07) is 2.31. The van der Waals surface area contributed by atoms with E-state index in [2.05, 4.69) is 33.1 Å². The number of ether oxygens (including phenoxy) is 1. The monoisotopic (exact) mass is 362 g/mol. The van der Waals surface area contributed by atoms with Gasteiger partial charge in [0.05, 0.1) is 12.0 Å². The van der Waals surface area contributed by atoms with Gasteiger partial charge in [0.1, 0.15) is 0 Å². The van der Waals surface area contributed by atoms with E-state index in [9.17, 15) is 4.79 Å². The average Bonchev–Trinajstić information content (AvgIpc) is 2.39. The Morgan fingerprint density at radius 3 is 1.87 bits per heavy atom. The Morgan fingerprint density at radius 1 is 0.957 bits per heavy atom. The van der Waals surface area contributed by atoms with Crippen molar-refractivity contribution in [2.24, 2.45) is 5.41 Å². The van der Waals surface area contributed by atoms with Gasteiger partial charge in [-0.25, -0.2) is 0 Å². The number of unbranched alkanes of at least 4 members (excludes halogenated alkanes) is 1. The summed E-state index contributed by atoms with van der Waals surface area (Å²) in [6.07, 6.45) is 4.24. The molecule has 0 N–H and O–H groups in total. The Hall–Kier alpha value is -0.136. The minimum Gasteiger partial charge on any atom is -0.465 e. The predicted octanol–water partition coefficient (Wildman–Crippen LogP) is 6.22. The zero-order valence-corrected chi connectivity index (χ0v) is 18.2. The second-order valence-corrected chi connectivity index (χ2v) is 17.1. The zero-order valence-electron chi connectivity index (χ0n) is 16.2. The Kier molecular flexibility index (Phi) is 11.6. The van der Waals surface area contributed by atoms with Gasteiger partial charge in [-0.2, -0.15) is 0 Å². The first-order valence-electron chi connectivity index (χ1n) is 8.83. The smallest absolute Gasteiger partial charge is 0.311 e. The van der Waals surface area contributed by atoms with Crippen molar-refractivity contribution in [1.29, 1.82) is 0 Å². The molecule has 3 nitrogen and oxygen atoms in total. The third-order valence-electron chi connectivity index (χ3n) is 4.28. The van der Waals surface area contributed by atoms with Crippen molar-refractivity contribution in [3.8, 4) is 0 Å². The first-order chi connectivity index (χ1) is 9.96. The topological polar surface area (TPSA) is 35.5 Å². The maximum Gasteiger partial charge on any atom is 0.311 e. The number of carbonyl (C=O) groups excluding carboxylic acids is 1. The zero-order chi connectivity index (χ0) is 17.4. The summed E-state index contributed by atoms with van der Waals surface area (Å²) in [5.74, 6) is -0.0759. The SMILES string of the molecule is C.CCCC[Si](C)(C)O[Si](C)(C)CCCOC(=O)C(C)(C)CC. The molecular weight excluding hydrogens is 320 g/mol. The maximum absolute atomic E-state index is 11.9. The van der Waals surface area contributed by atoms with E-state index >= 15 is 0 Å². The molecule has 140 valence electrons. The first-order valence-corrected chi connectivity index (χ1v) is 15.1. The van der Waals surface area contributed by atoms with Crippen LogP contribution in [-0.4, -0.2) is 29.2 Å². The summed E-state index contributed by atoms with van der Waals surface area (Å²) < 4.78 is 12.0. The molecule has 0 aliphatic heterocycles. The van der Waals surface area contributed by atoms with Crippen molar-refractivity contribution >= 4 is 22.6 Å². The molecule has 5 heteroatoms. The minimum atomic E-state index is -1.64. The van der Waals surface area contributed by atoms with Crippen molar-refractivity contribution in [2.45, 2.75) is 99.1 Å². The van der Waals surface area contributed by atoms with Crippen LogP contribution in [0.1, 0.15) is 60.8 Å². The van der Waals surface area contributed by atoms with E-state index in [1.807, 2.05) is 20.8 Å². The Balaban J connectivity index is 0. The van der Waals surface area contributed by atoms with E-state index in [4.69, 9.17) is 8.85 Å². The van der Waals surface area contributed by atoms with Crippen molar-refractivity contribution < 1.29 is 13.6 Å². The van der Waals surface area contributed by atoms with Crippen LogP contribution in [0.4, 0.5) is 0 Å². The van der Waals surface area contributed by atoms with Crippen LogP contribution in [0.25, 0.3) is 0 Å². The van der Waals surface area contributed by atoms with E-state index in [1.165, 1.54) is 18.9 Å². The van der Waals surface area contributed by atoms with Gasteiger partial charge >= 0.3 is 5.97 Å². The predicted molar refractivity (Wildman–Crippen MR) is 107 cm³/mol. The molecular formula is C18H42O3Si2. The molecule has 0 aromatic carbocycles. The first kappa shape index (κ1) is 25.1. The van der Waals surface area contributed by atoms with Gasteiger partial charge in [-0.1, -0.05) is 34.1 Å². The summed E-state index contributed by atoms with van der Waals surface area (Å²) in [6.45, 7) is 17.9. The summed E-state index contributed by atoms with van der Waals surface area (Å²) >= 11 is 0. The highest BCUT2D eigenvalue weighted by Gasteiger charge is 2.32. The third-order valence-corrected chi connectivity index (χ3v) is 11.8. The fourth-order valence-corrected chi connectivity index (χ4v) is 11.5. The summed E-state index contributed by atoms with van der Waals surface area (Å²) in [5, 5.41) is 0. The lowest BCUT2D eigenvalue weighted by atomic mass is 9.91. The van der Waals surface area contributed by atoms with E-state index in [-0.39, 0.29) is 18.8 Å². The van der Waals surface area contributed by atoms with Gasteiger partial charge in [0.15, 0.2) is 16.6 Å². The molecule has 0 rings (SSSR count). The van der Waals surface area contributed by atoms with Gasteiger partial charge < -0.3 is 8.85 Å². The Bertz CT molecular complexity index is 339. The van der Waals surface area contributed by atoms with E-state index in [0.29, 0.717) is 6.61 Å². The van der Waals surface area contributed by atoms with Gasteiger partial charge in [-0.15, -0.1) is 0 Å². The number of rotatable bonds is 11. The van der Waals surface area contributed by atoms with Crippen LogP contribution in [0.3, 0.4) is 0 Å². The molecule has 0 aromatic heterocycles. The van der Waals surface area contributed by atoms with Gasteiger partial charge in [0, 0.05) is 0 Å². The van der Waals surface area contributed by atoms with Crippen molar-refractivity contribution in [1.82, 2.24) is 0 Å². The molecule has 0 spiro atoms. The normalized spacial score (nSPS) is 12.7. The number of carbonyl (C=O) groups is 1. The van der Waals surface area contributed by atoms with Crippen LogP contribution >= 0.6 is 0 Å². The standard InChI is InChI=1S/C17H38O3Si2.CH4/c1-9-11-14-21(5,6)20-22(7,8)15-12-13-19-16(18)17(3,4)10-2;/h9-15H2,1-8H3;1H4. The van der Waals surface area contributed by atoms with E-state index < -0.39 is 16.6 Å². The molecule has 0 saturated heterocycles. The van der Waals surface area contributed by atoms with Crippen molar-refractivity contribution in [2.75, 3.05) is 6.61 Å². The lowest BCUT2D eigenvalue weighted by molar-refractivity contribution is -0.154. The van der Waals surface area contributed by atoms with Gasteiger partial charge in [-0.05, 0) is 65.0 Å². The second-order valence-electron chi connectivity index (χ2n) is 8.20. The fraction of sp³-hybridized carbons (Fsp3) is 0.944. The molecule has 0 heterocycles. The molecule has 0 saturated carbocycles. The van der Waals surface area contributed by atoms with Crippen LogP contribution in [0, 0.1) is 5.41 Å². The summed E-state index contributed by atoms with van der Waals surface area (Å²) in [7, 11) is -3.17. The minimum absolute atomic E-state index is 0. The molecule has 23 heavy (non-hydrogen) atoms. The second kappa shape index (κ2) is 10.7. The third kappa shape index (κ3) is 11.1. The molecule has 0 aliphatic carbocycles. The lowest BCUT2D eigenvalue weighted by Crippen LogP contribution is -2.44. The van der Waals surface area contributed by atoms with Crippen molar-refractivity contribution in [3.63, 3.8) is 0 Å². The van der Waals surface area contributed by atoms with Gasteiger partial charge in [0.25, 0.3) is 0 Å². The summed E-state index contributed by atoms with van der Waals surface area (Å²) in [4.78, 5) is 11.9. The molecule has 0 amide bonds. The molecule has 0 fully saturated rings. The number of hydrogen-bond acceptors (Lipinski definition) is 3. The number of hydrogen-bond donors (Lipinski definition) is 0. The van der Waals surface area contributed by atoms with Crippen LogP contribution in [0.15, 0.2) is 0 Å². The fourth-order valence-electron chi connectivity index (χ4n) is 2.45. The Labute approximate surface area is 147 Å². The molecule has 0 bridgehead atoms. The van der Waals surface area contributed by atoms with Crippen LogP contribution < -0.4 is 0 Å². The molecule has 0 radical (unpaired) electrons. The van der Waals surface area contributed by atoms with Crippen molar-refractivity contribution in [3.05, 3.63) is 0 Å². The van der Waals surface area contributed by atoms with Gasteiger partial charge in [-0.3, -0.25) is 4.79 Å². The average molecular weight is 363 g/mol. The largest absolute Gasteiger partial charge is 0.465 e. The van der Waals surface area contributed by atoms with Crippen LogP contribution in [0.2, 0.25) is 38.3 Å². The highest BCUT2D eigenvalue weighted by molar-refractivity contribution is 6.84. The van der Waals surface area contributed by atoms with Crippen LogP contribution in [-0.2, 0) is 13.6 Å². The number of esters is 1. The highest BCUT2D eigenvalue weighted by Crippen LogP contribution is 2.25. The molecule has 0 atom stereocenters. The van der Waals surface area contributed by atoms with Gasteiger partial charge in [0.2, 0.25) is 0 Å². The maximum atomic E-state index is 11.9. The lowest BCUT2D eigenvalue weighted by Gasteiger charge is -2.34. The van der Waals surface area contributed by atoms with E-state index in [0.717, 1.165) is 18.9 Å². The Morgan fingerprint density at radius 2 is 1.43 bits per heavy atom. The molecule has 0 unspecified atom stereocenters. The highest BCUT2D eigenvalue weighted by atomic mass is 28.4. The molecule has 0 aromatic rings. The summed E-state index contributed by atoms with van der Waals surface area (Å²) in [5.41, 5.74) is -0.363. The quantitative estimate of drug-likeness (QED) is 0.249. The van der Waals surface area contributed by atoms with Crippen LogP contribution in [0.5, 0.6) is 0 Å². The molecule has 0 aliphatic rings.